The summed E-state index contributed by atoms with van der Waals surface area (Å²) in [6.07, 6.45) is -1.44. The van der Waals surface area contributed by atoms with Gasteiger partial charge in [0.2, 0.25) is 0 Å². The van der Waals surface area contributed by atoms with Crippen molar-refractivity contribution < 1.29 is 27.9 Å². The molecule has 1 atom stereocenters. The van der Waals surface area contributed by atoms with E-state index in [0.717, 1.165) is 0 Å². The van der Waals surface area contributed by atoms with Crippen LogP contribution in [0.4, 0.5) is 8.78 Å². The van der Waals surface area contributed by atoms with E-state index in [4.69, 9.17) is 9.57 Å². The van der Waals surface area contributed by atoms with Crippen LogP contribution in [0.15, 0.2) is 0 Å². The van der Waals surface area contributed by atoms with E-state index >= 15 is 0 Å². The van der Waals surface area contributed by atoms with E-state index in [1.54, 1.807) is 0 Å². The predicted molar refractivity (Wildman–Crippen MR) is 45.3 cm³/mol. The summed E-state index contributed by atoms with van der Waals surface area (Å²) in [5.41, 5.74) is 2.43. The Hall–Kier alpha value is -0.790. The number of ether oxygens (including phenoxy) is 2. The highest BCUT2D eigenvalue weighted by atomic mass is 19.3. The van der Waals surface area contributed by atoms with Crippen molar-refractivity contribution in [3.8, 4) is 0 Å². The quantitative estimate of drug-likeness (QED) is 0.395. The number of hydrogen-bond acceptors (Lipinski definition) is 5. The Labute approximate surface area is 85.6 Å². The van der Waals surface area contributed by atoms with Crippen LogP contribution in [-0.4, -0.2) is 44.9 Å². The third-order valence-corrected chi connectivity index (χ3v) is 1.86. The molecule has 7 heteroatoms. The molecular formula is C8H13F2NO4. The number of halogens is 2. The second-order valence-electron chi connectivity index (χ2n) is 3.13. The van der Waals surface area contributed by atoms with Crippen molar-refractivity contribution in [2.45, 2.75) is 18.4 Å². The van der Waals surface area contributed by atoms with Crippen LogP contribution in [0.3, 0.4) is 0 Å². The van der Waals surface area contributed by atoms with Crippen molar-refractivity contribution in [2.24, 2.45) is 0 Å². The van der Waals surface area contributed by atoms with Gasteiger partial charge in [-0.1, -0.05) is 0 Å². The molecule has 5 nitrogen and oxygen atoms in total. The summed E-state index contributed by atoms with van der Waals surface area (Å²) in [6.45, 7) is 0.742. The second kappa shape index (κ2) is 5.34. The van der Waals surface area contributed by atoms with Gasteiger partial charge in [-0.3, -0.25) is 4.84 Å². The fourth-order valence-corrected chi connectivity index (χ4v) is 1.11. The van der Waals surface area contributed by atoms with Gasteiger partial charge < -0.3 is 9.47 Å². The number of hydroxylamine groups is 1. The molecule has 15 heavy (non-hydrogen) atoms. The summed E-state index contributed by atoms with van der Waals surface area (Å²) in [5.74, 6) is -4.83. The van der Waals surface area contributed by atoms with Gasteiger partial charge in [0.15, 0.2) is 0 Å². The molecule has 1 aliphatic heterocycles. The molecule has 1 rings (SSSR count). The van der Waals surface area contributed by atoms with Gasteiger partial charge in [0.1, 0.15) is 6.10 Å². The van der Waals surface area contributed by atoms with E-state index in [9.17, 15) is 13.6 Å². The molecule has 0 amide bonds. The van der Waals surface area contributed by atoms with Crippen LogP contribution in [0.2, 0.25) is 0 Å². The Morgan fingerprint density at radius 3 is 2.87 bits per heavy atom. The van der Waals surface area contributed by atoms with E-state index in [2.05, 4.69) is 10.2 Å². The van der Waals surface area contributed by atoms with E-state index in [1.165, 1.54) is 7.11 Å². The zero-order valence-electron chi connectivity index (χ0n) is 8.29. The summed E-state index contributed by atoms with van der Waals surface area (Å²) in [5, 5.41) is 0. The van der Waals surface area contributed by atoms with Crippen molar-refractivity contribution in [3.63, 3.8) is 0 Å². The lowest BCUT2D eigenvalue weighted by molar-refractivity contribution is -0.159. The number of methoxy groups -OCH3 is 1. The molecule has 0 aliphatic carbocycles. The first-order chi connectivity index (χ1) is 7.06. The van der Waals surface area contributed by atoms with E-state index in [-0.39, 0.29) is 6.54 Å². The maximum absolute atomic E-state index is 12.7. The molecule has 1 saturated heterocycles. The molecule has 0 radical (unpaired) electrons. The second-order valence-corrected chi connectivity index (χ2v) is 3.13. The normalized spacial score (nSPS) is 24.2. The number of rotatable bonds is 6. The van der Waals surface area contributed by atoms with Gasteiger partial charge in [0.05, 0.1) is 26.2 Å². The van der Waals surface area contributed by atoms with Crippen molar-refractivity contribution in [2.75, 3.05) is 26.9 Å². The number of carbonyl (C=O) groups is 1. The molecule has 0 aromatic carbocycles. The SMILES string of the molecule is COCCONCC1CC(F)(F)C(=O)O1. The molecule has 0 aromatic rings. The molecule has 1 heterocycles. The Kier molecular flexibility index (Phi) is 4.37. The van der Waals surface area contributed by atoms with Crippen molar-refractivity contribution in [3.05, 3.63) is 0 Å². The lowest BCUT2D eigenvalue weighted by Gasteiger charge is -2.09. The van der Waals surface area contributed by atoms with Gasteiger partial charge in [-0.25, -0.2) is 4.79 Å². The summed E-state index contributed by atoms with van der Waals surface area (Å²) in [4.78, 5) is 15.4. The molecule has 1 N–H and O–H groups in total. The smallest absolute Gasteiger partial charge is 0.377 e. The van der Waals surface area contributed by atoms with Gasteiger partial charge in [-0.15, -0.1) is 0 Å². The van der Waals surface area contributed by atoms with Crippen LogP contribution in [0, 0.1) is 0 Å². The third-order valence-electron chi connectivity index (χ3n) is 1.86. The minimum Gasteiger partial charge on any atom is -0.456 e. The van der Waals surface area contributed by atoms with Crippen molar-refractivity contribution >= 4 is 5.97 Å². The summed E-state index contributed by atoms with van der Waals surface area (Å²) in [6, 6.07) is 0. The zero-order valence-corrected chi connectivity index (χ0v) is 8.29. The van der Waals surface area contributed by atoms with Gasteiger partial charge in [-0.05, 0) is 0 Å². The first kappa shape index (κ1) is 12.3. The molecule has 0 spiro atoms. The molecule has 1 fully saturated rings. The van der Waals surface area contributed by atoms with Crippen molar-refractivity contribution in [1.29, 1.82) is 0 Å². The minimum absolute atomic E-state index is 0.0467. The number of carbonyl (C=O) groups excluding carboxylic acids is 1. The summed E-state index contributed by atoms with van der Waals surface area (Å²) >= 11 is 0. The first-order valence-electron chi connectivity index (χ1n) is 4.49. The van der Waals surface area contributed by atoms with E-state index in [0.29, 0.717) is 13.2 Å². The first-order valence-corrected chi connectivity index (χ1v) is 4.49. The highest BCUT2D eigenvalue weighted by Crippen LogP contribution is 2.30. The van der Waals surface area contributed by atoms with Crippen LogP contribution in [0.25, 0.3) is 0 Å². The Morgan fingerprint density at radius 1 is 1.60 bits per heavy atom. The molecule has 0 aromatic heterocycles. The number of alkyl halides is 2. The van der Waals surface area contributed by atoms with Crippen LogP contribution in [0.1, 0.15) is 6.42 Å². The van der Waals surface area contributed by atoms with E-state index < -0.39 is 24.4 Å². The fourth-order valence-electron chi connectivity index (χ4n) is 1.11. The fraction of sp³-hybridized carbons (Fsp3) is 0.875. The maximum atomic E-state index is 12.7. The molecule has 0 saturated carbocycles. The summed E-state index contributed by atoms with van der Waals surface area (Å²) in [7, 11) is 1.52. The standard InChI is InChI=1S/C8H13F2NO4/c1-13-2-3-14-11-5-6-4-8(9,10)7(12)15-6/h6,11H,2-5H2,1H3. The molecule has 88 valence electrons. The number of cyclic esters (lactones) is 1. The Balaban J connectivity index is 2.11. The Bertz CT molecular complexity index is 225. The van der Waals surface area contributed by atoms with Crippen LogP contribution in [0.5, 0.6) is 0 Å². The topological polar surface area (TPSA) is 56.8 Å². The van der Waals surface area contributed by atoms with Gasteiger partial charge in [0, 0.05) is 7.11 Å². The minimum atomic E-state index is -3.36. The van der Waals surface area contributed by atoms with Crippen molar-refractivity contribution in [1.82, 2.24) is 5.48 Å². The lowest BCUT2D eigenvalue weighted by Crippen LogP contribution is -2.28. The zero-order chi connectivity index (χ0) is 11.3. The van der Waals surface area contributed by atoms with Crippen LogP contribution >= 0.6 is 0 Å². The van der Waals surface area contributed by atoms with Crippen LogP contribution < -0.4 is 5.48 Å². The van der Waals surface area contributed by atoms with Gasteiger partial charge >= 0.3 is 11.9 Å². The monoisotopic (exact) mass is 225 g/mol. The van der Waals surface area contributed by atoms with E-state index in [1.807, 2.05) is 0 Å². The largest absolute Gasteiger partial charge is 0.456 e. The Morgan fingerprint density at radius 2 is 2.33 bits per heavy atom. The molecular weight excluding hydrogens is 212 g/mol. The maximum Gasteiger partial charge on any atom is 0.377 e. The lowest BCUT2D eigenvalue weighted by atomic mass is 10.2. The predicted octanol–water partition coefficient (Wildman–Crippen LogP) is 0.105. The third kappa shape index (κ3) is 3.69. The molecule has 0 bridgehead atoms. The van der Waals surface area contributed by atoms with Gasteiger partial charge in [-0.2, -0.15) is 14.3 Å². The van der Waals surface area contributed by atoms with Crippen LogP contribution in [-0.2, 0) is 19.1 Å². The highest BCUT2D eigenvalue weighted by molar-refractivity contribution is 5.79. The number of nitrogens with one attached hydrogen (secondary N) is 1. The molecule has 1 unspecified atom stereocenters. The average molecular weight is 225 g/mol. The summed E-state index contributed by atoms with van der Waals surface area (Å²) < 4.78 is 34.4. The highest BCUT2D eigenvalue weighted by Gasteiger charge is 2.50. The van der Waals surface area contributed by atoms with Gasteiger partial charge in [0.25, 0.3) is 0 Å². The number of hydrogen-bond donors (Lipinski definition) is 1. The number of esters is 1. The average Bonchev–Trinajstić information content (AvgIpc) is 2.40. The molecule has 1 aliphatic rings.